The summed E-state index contributed by atoms with van der Waals surface area (Å²) in [4.78, 5) is 33.3. The molecule has 7 nitrogen and oxygen atoms in total. The van der Waals surface area contributed by atoms with Crippen LogP contribution in [0.25, 0.3) is 0 Å². The maximum Gasteiger partial charge on any atom is 0.325 e. The van der Waals surface area contributed by atoms with E-state index >= 15 is 0 Å². The Kier molecular flexibility index (Phi) is 6.78. The second kappa shape index (κ2) is 8.33. The molecule has 120 valence electrons. The van der Waals surface area contributed by atoms with Gasteiger partial charge in [-0.15, -0.1) is 0 Å². The normalized spacial score (nSPS) is 10.4. The predicted octanol–water partition coefficient (Wildman–Crippen LogP) is 2.57. The quantitative estimate of drug-likeness (QED) is 0.471. The van der Waals surface area contributed by atoms with Crippen LogP contribution in [0.2, 0.25) is 5.02 Å². The molecule has 0 spiro atoms. The molecule has 0 fully saturated rings. The van der Waals surface area contributed by atoms with E-state index in [0.717, 1.165) is 12.5 Å². The van der Waals surface area contributed by atoms with E-state index in [-0.39, 0.29) is 22.8 Å². The minimum atomic E-state index is -0.681. The fraction of sp³-hybridized carbons (Fsp3) is 0.429. The Morgan fingerprint density at radius 1 is 1.41 bits per heavy atom. The van der Waals surface area contributed by atoms with E-state index in [0.29, 0.717) is 12.5 Å². The molecule has 1 rings (SSSR count). The van der Waals surface area contributed by atoms with Gasteiger partial charge in [0.15, 0.2) is 0 Å². The Morgan fingerprint density at radius 3 is 2.68 bits per heavy atom. The number of benzene rings is 1. The number of ether oxygens (including phenoxy) is 1. The van der Waals surface area contributed by atoms with Crippen LogP contribution in [-0.4, -0.2) is 30.0 Å². The van der Waals surface area contributed by atoms with E-state index in [9.17, 15) is 19.7 Å². The summed E-state index contributed by atoms with van der Waals surface area (Å²) in [6.07, 6.45) is 0.739. The molecule has 0 atom stereocenters. The van der Waals surface area contributed by atoms with E-state index in [1.54, 1.807) is 0 Å². The van der Waals surface area contributed by atoms with Crippen molar-refractivity contribution in [2.24, 2.45) is 5.92 Å². The highest BCUT2D eigenvalue weighted by molar-refractivity contribution is 6.32. The maximum atomic E-state index is 11.8. The number of nitro benzene ring substituents is 1. The third-order valence-corrected chi connectivity index (χ3v) is 3.08. The molecule has 0 saturated heterocycles. The number of amides is 1. The molecule has 0 bridgehead atoms. The van der Waals surface area contributed by atoms with Gasteiger partial charge in [0.25, 0.3) is 11.6 Å². The average molecular weight is 329 g/mol. The second-order valence-corrected chi connectivity index (χ2v) is 5.42. The van der Waals surface area contributed by atoms with Gasteiger partial charge < -0.3 is 10.1 Å². The third kappa shape index (κ3) is 5.69. The first-order valence-corrected chi connectivity index (χ1v) is 7.06. The van der Waals surface area contributed by atoms with Crippen LogP contribution in [0.15, 0.2) is 18.2 Å². The Morgan fingerprint density at radius 2 is 2.09 bits per heavy atom. The summed E-state index contributed by atoms with van der Waals surface area (Å²) in [6, 6.07) is 3.66. The number of nitrogens with one attached hydrogen (secondary N) is 1. The van der Waals surface area contributed by atoms with Crippen molar-refractivity contribution in [1.29, 1.82) is 0 Å². The summed E-state index contributed by atoms with van der Waals surface area (Å²) >= 11 is 5.66. The van der Waals surface area contributed by atoms with Gasteiger partial charge in [-0.25, -0.2) is 0 Å². The molecule has 1 aromatic rings. The Hall–Kier alpha value is -2.15. The van der Waals surface area contributed by atoms with Gasteiger partial charge in [-0.1, -0.05) is 25.4 Å². The van der Waals surface area contributed by atoms with Gasteiger partial charge in [0.05, 0.1) is 11.5 Å². The fourth-order valence-electron chi connectivity index (χ4n) is 1.51. The average Bonchev–Trinajstić information content (AvgIpc) is 2.44. The number of rotatable bonds is 7. The predicted molar refractivity (Wildman–Crippen MR) is 80.9 cm³/mol. The number of esters is 1. The van der Waals surface area contributed by atoms with Crippen molar-refractivity contribution < 1.29 is 19.2 Å². The zero-order chi connectivity index (χ0) is 16.7. The zero-order valence-corrected chi connectivity index (χ0v) is 13.1. The van der Waals surface area contributed by atoms with Crippen LogP contribution in [0.3, 0.4) is 0 Å². The molecule has 0 aliphatic carbocycles. The van der Waals surface area contributed by atoms with Gasteiger partial charge in [0, 0.05) is 11.6 Å². The molecule has 0 radical (unpaired) electrons. The van der Waals surface area contributed by atoms with Crippen molar-refractivity contribution in [3.05, 3.63) is 38.9 Å². The van der Waals surface area contributed by atoms with E-state index in [2.05, 4.69) is 5.32 Å². The van der Waals surface area contributed by atoms with Crippen LogP contribution >= 0.6 is 11.6 Å². The van der Waals surface area contributed by atoms with Crippen LogP contribution in [-0.2, 0) is 9.53 Å². The number of carbonyl (C=O) groups excluding carboxylic acids is 2. The first kappa shape index (κ1) is 17.9. The Bertz CT molecular complexity index is 574. The lowest BCUT2D eigenvalue weighted by Gasteiger charge is -2.08. The first-order valence-electron chi connectivity index (χ1n) is 6.69. The molecule has 1 aromatic carbocycles. The summed E-state index contributed by atoms with van der Waals surface area (Å²) in [5.74, 6) is -0.755. The molecular weight excluding hydrogens is 312 g/mol. The molecule has 8 heteroatoms. The summed E-state index contributed by atoms with van der Waals surface area (Å²) in [6.45, 7) is 4.00. The lowest BCUT2D eigenvalue weighted by atomic mass is 10.1. The Labute approximate surface area is 132 Å². The van der Waals surface area contributed by atoms with Crippen molar-refractivity contribution in [1.82, 2.24) is 5.32 Å². The lowest BCUT2D eigenvalue weighted by molar-refractivity contribution is -0.384. The summed E-state index contributed by atoms with van der Waals surface area (Å²) in [7, 11) is 0. The zero-order valence-electron chi connectivity index (χ0n) is 12.3. The summed E-state index contributed by atoms with van der Waals surface area (Å²) in [5.41, 5.74) is -0.320. The molecule has 0 aromatic heterocycles. The van der Waals surface area contributed by atoms with Gasteiger partial charge in [-0.3, -0.25) is 19.7 Å². The fourth-order valence-corrected chi connectivity index (χ4v) is 1.69. The standard InChI is InChI=1S/C14H17ClN2O5/c1-9(2)5-6-22-13(18)8-16-14(19)10-3-4-11(15)12(7-10)17(20)21/h3-4,7,9H,5-6,8H2,1-2H3,(H,16,19). The first-order chi connectivity index (χ1) is 10.3. The van der Waals surface area contributed by atoms with Crippen molar-refractivity contribution >= 4 is 29.2 Å². The number of nitrogens with zero attached hydrogens (tertiary/aromatic N) is 1. The summed E-state index contributed by atoms with van der Waals surface area (Å²) < 4.78 is 4.94. The topological polar surface area (TPSA) is 98.5 Å². The van der Waals surface area contributed by atoms with Crippen LogP contribution in [0.4, 0.5) is 5.69 Å². The van der Waals surface area contributed by atoms with E-state index in [4.69, 9.17) is 16.3 Å². The van der Waals surface area contributed by atoms with E-state index in [1.807, 2.05) is 13.8 Å². The van der Waals surface area contributed by atoms with Gasteiger partial charge in [0.1, 0.15) is 11.6 Å². The Balaban J connectivity index is 2.54. The molecule has 0 aliphatic heterocycles. The molecule has 0 aliphatic rings. The number of nitro groups is 1. The van der Waals surface area contributed by atoms with Crippen LogP contribution < -0.4 is 5.32 Å². The largest absolute Gasteiger partial charge is 0.464 e. The number of carbonyl (C=O) groups is 2. The van der Waals surface area contributed by atoms with Crippen molar-refractivity contribution in [2.45, 2.75) is 20.3 Å². The minimum Gasteiger partial charge on any atom is -0.464 e. The van der Waals surface area contributed by atoms with Gasteiger partial charge in [-0.05, 0) is 24.5 Å². The van der Waals surface area contributed by atoms with Crippen molar-refractivity contribution in [3.8, 4) is 0 Å². The smallest absolute Gasteiger partial charge is 0.325 e. The molecule has 0 saturated carbocycles. The van der Waals surface area contributed by atoms with Gasteiger partial charge >= 0.3 is 5.97 Å². The monoisotopic (exact) mass is 328 g/mol. The van der Waals surface area contributed by atoms with Gasteiger partial charge in [0.2, 0.25) is 0 Å². The second-order valence-electron chi connectivity index (χ2n) is 5.01. The number of hydrogen-bond acceptors (Lipinski definition) is 5. The SMILES string of the molecule is CC(C)CCOC(=O)CNC(=O)c1ccc(Cl)c([N+](=O)[O-])c1. The van der Waals surface area contributed by atoms with Crippen LogP contribution in [0.1, 0.15) is 30.6 Å². The third-order valence-electron chi connectivity index (χ3n) is 2.76. The van der Waals surface area contributed by atoms with Crippen LogP contribution in [0.5, 0.6) is 0 Å². The van der Waals surface area contributed by atoms with Crippen molar-refractivity contribution in [3.63, 3.8) is 0 Å². The maximum absolute atomic E-state index is 11.8. The summed E-state index contributed by atoms with van der Waals surface area (Å²) in [5, 5.41) is 13.0. The minimum absolute atomic E-state index is 0.0473. The molecule has 0 unspecified atom stereocenters. The van der Waals surface area contributed by atoms with Crippen LogP contribution in [0, 0.1) is 16.0 Å². The highest BCUT2D eigenvalue weighted by Gasteiger charge is 2.16. The molecular formula is C14H17ClN2O5. The molecule has 0 heterocycles. The molecule has 1 amide bonds. The lowest BCUT2D eigenvalue weighted by Crippen LogP contribution is -2.30. The molecule has 22 heavy (non-hydrogen) atoms. The highest BCUT2D eigenvalue weighted by Crippen LogP contribution is 2.24. The van der Waals surface area contributed by atoms with E-state index in [1.165, 1.54) is 12.1 Å². The van der Waals surface area contributed by atoms with E-state index < -0.39 is 16.8 Å². The van der Waals surface area contributed by atoms with Gasteiger partial charge in [-0.2, -0.15) is 0 Å². The molecule has 1 N–H and O–H groups in total. The number of halogens is 1. The van der Waals surface area contributed by atoms with Crippen molar-refractivity contribution in [2.75, 3.05) is 13.2 Å². The highest BCUT2D eigenvalue weighted by atomic mass is 35.5. The number of hydrogen-bond donors (Lipinski definition) is 1.